The molecule has 0 bridgehead atoms. The number of hydrogen-bond donors (Lipinski definition) is 2. The Labute approximate surface area is 104 Å². The van der Waals surface area contributed by atoms with Crippen LogP contribution in [0.4, 0.5) is 11.5 Å². The molecule has 0 fully saturated rings. The standard InChI is InChI=1S/C10H16N4O4/c1-10(2,5-4-8(15)16)11-9-7(14(17)18)6-13(3)12-9/h6H,4-5H2,1-3H3,(H,11,12)(H,15,16). The van der Waals surface area contributed by atoms with Crippen LogP contribution in [0, 0.1) is 10.1 Å². The Morgan fingerprint density at radius 1 is 1.67 bits per heavy atom. The van der Waals surface area contributed by atoms with Crippen LogP contribution >= 0.6 is 0 Å². The predicted molar refractivity (Wildman–Crippen MR) is 64.4 cm³/mol. The summed E-state index contributed by atoms with van der Waals surface area (Å²) >= 11 is 0. The molecule has 18 heavy (non-hydrogen) atoms. The van der Waals surface area contributed by atoms with E-state index in [1.165, 1.54) is 10.9 Å². The van der Waals surface area contributed by atoms with E-state index in [9.17, 15) is 14.9 Å². The fourth-order valence-corrected chi connectivity index (χ4v) is 1.50. The molecule has 8 heteroatoms. The lowest BCUT2D eigenvalue weighted by Crippen LogP contribution is -2.32. The van der Waals surface area contributed by atoms with Gasteiger partial charge in [-0.2, -0.15) is 0 Å². The van der Waals surface area contributed by atoms with Crippen molar-refractivity contribution in [2.75, 3.05) is 5.32 Å². The van der Waals surface area contributed by atoms with E-state index in [0.29, 0.717) is 6.42 Å². The van der Waals surface area contributed by atoms with Gasteiger partial charge < -0.3 is 10.4 Å². The van der Waals surface area contributed by atoms with Crippen molar-refractivity contribution >= 4 is 17.5 Å². The van der Waals surface area contributed by atoms with E-state index in [4.69, 9.17) is 5.11 Å². The third kappa shape index (κ3) is 3.72. The van der Waals surface area contributed by atoms with Crippen molar-refractivity contribution in [3.63, 3.8) is 0 Å². The second-order valence-corrected chi connectivity index (χ2v) is 4.70. The van der Waals surface area contributed by atoms with Gasteiger partial charge in [-0.15, -0.1) is 5.10 Å². The van der Waals surface area contributed by atoms with Crippen LogP contribution in [-0.4, -0.2) is 31.3 Å². The Kier molecular flexibility index (Phi) is 3.89. The number of carboxylic acid groups (broad SMARTS) is 1. The molecular weight excluding hydrogens is 240 g/mol. The molecular formula is C10H16N4O4. The van der Waals surface area contributed by atoms with E-state index >= 15 is 0 Å². The van der Waals surface area contributed by atoms with Crippen LogP contribution in [0.25, 0.3) is 0 Å². The first-order valence-electron chi connectivity index (χ1n) is 5.39. The molecule has 1 rings (SSSR count). The molecule has 1 aromatic heterocycles. The van der Waals surface area contributed by atoms with Crippen LogP contribution in [-0.2, 0) is 11.8 Å². The number of carbonyl (C=O) groups is 1. The van der Waals surface area contributed by atoms with E-state index in [0.717, 1.165) is 0 Å². The molecule has 1 aromatic rings. The third-order valence-electron chi connectivity index (χ3n) is 2.43. The number of aliphatic carboxylic acids is 1. The molecule has 0 spiro atoms. The molecule has 0 saturated heterocycles. The SMILES string of the molecule is Cn1cc([N+](=O)[O-])c(NC(C)(C)CCC(=O)O)n1. The van der Waals surface area contributed by atoms with E-state index in [1.54, 1.807) is 20.9 Å². The highest BCUT2D eigenvalue weighted by atomic mass is 16.6. The van der Waals surface area contributed by atoms with Crippen molar-refractivity contribution in [1.29, 1.82) is 0 Å². The first-order chi connectivity index (χ1) is 8.21. The minimum absolute atomic E-state index is 0.0133. The normalized spacial score (nSPS) is 11.3. The molecule has 0 aliphatic carbocycles. The summed E-state index contributed by atoms with van der Waals surface area (Å²) in [6, 6.07) is 0. The first-order valence-corrected chi connectivity index (χ1v) is 5.39. The Balaban J connectivity index is 2.82. The number of nitro groups is 1. The fourth-order valence-electron chi connectivity index (χ4n) is 1.50. The quantitative estimate of drug-likeness (QED) is 0.587. The van der Waals surface area contributed by atoms with Crippen molar-refractivity contribution in [1.82, 2.24) is 9.78 Å². The van der Waals surface area contributed by atoms with Gasteiger partial charge in [0.15, 0.2) is 0 Å². The summed E-state index contributed by atoms with van der Waals surface area (Å²) in [5.41, 5.74) is -0.710. The number of nitrogens with zero attached hydrogens (tertiary/aromatic N) is 3. The van der Waals surface area contributed by atoms with Crippen LogP contribution in [0.15, 0.2) is 6.20 Å². The van der Waals surface area contributed by atoms with Crippen LogP contribution in [0.3, 0.4) is 0 Å². The van der Waals surface area contributed by atoms with Gasteiger partial charge in [-0.05, 0) is 20.3 Å². The van der Waals surface area contributed by atoms with Crippen molar-refractivity contribution in [3.05, 3.63) is 16.3 Å². The fraction of sp³-hybridized carbons (Fsp3) is 0.600. The summed E-state index contributed by atoms with van der Waals surface area (Å²) in [7, 11) is 1.59. The zero-order valence-corrected chi connectivity index (χ0v) is 10.5. The molecule has 2 N–H and O–H groups in total. The lowest BCUT2D eigenvalue weighted by Gasteiger charge is -2.25. The van der Waals surface area contributed by atoms with Crippen molar-refractivity contribution < 1.29 is 14.8 Å². The van der Waals surface area contributed by atoms with Crippen LogP contribution < -0.4 is 5.32 Å². The molecule has 0 aromatic carbocycles. The topological polar surface area (TPSA) is 110 Å². The molecule has 0 saturated carbocycles. The first kappa shape index (κ1) is 13.9. The molecule has 1 heterocycles. The number of carboxylic acids is 1. The number of aromatic nitrogens is 2. The molecule has 0 atom stereocenters. The Morgan fingerprint density at radius 3 is 2.78 bits per heavy atom. The number of nitrogens with one attached hydrogen (secondary N) is 1. The average molecular weight is 256 g/mol. The van der Waals surface area contributed by atoms with Gasteiger partial charge in [0.2, 0.25) is 5.82 Å². The summed E-state index contributed by atoms with van der Waals surface area (Å²) in [5.74, 6) is -0.752. The third-order valence-corrected chi connectivity index (χ3v) is 2.43. The molecule has 0 amide bonds. The van der Waals surface area contributed by atoms with Crippen LogP contribution in [0.1, 0.15) is 26.7 Å². The van der Waals surface area contributed by atoms with Gasteiger partial charge in [0, 0.05) is 19.0 Å². The summed E-state index contributed by atoms with van der Waals surface area (Å²) in [6.45, 7) is 3.54. The smallest absolute Gasteiger partial charge is 0.330 e. The Hall–Kier alpha value is -2.12. The largest absolute Gasteiger partial charge is 0.481 e. The van der Waals surface area contributed by atoms with Gasteiger partial charge in [0.05, 0.1) is 4.92 Å². The zero-order valence-electron chi connectivity index (χ0n) is 10.5. The second kappa shape index (κ2) is 5.03. The van der Waals surface area contributed by atoms with Crippen molar-refractivity contribution in [3.8, 4) is 0 Å². The summed E-state index contributed by atoms with van der Waals surface area (Å²) in [6.07, 6.45) is 1.63. The second-order valence-electron chi connectivity index (χ2n) is 4.70. The minimum atomic E-state index is -0.902. The number of anilines is 1. The number of rotatable bonds is 6. The highest BCUT2D eigenvalue weighted by molar-refractivity contribution is 5.67. The molecule has 0 radical (unpaired) electrons. The van der Waals surface area contributed by atoms with Gasteiger partial charge >= 0.3 is 11.7 Å². The van der Waals surface area contributed by atoms with Gasteiger partial charge in [-0.25, -0.2) is 0 Å². The monoisotopic (exact) mass is 256 g/mol. The van der Waals surface area contributed by atoms with Crippen molar-refractivity contribution in [2.45, 2.75) is 32.2 Å². The Morgan fingerprint density at radius 2 is 2.28 bits per heavy atom. The van der Waals surface area contributed by atoms with E-state index in [2.05, 4.69) is 10.4 Å². The summed E-state index contributed by atoms with van der Waals surface area (Å²) in [5, 5.41) is 26.3. The van der Waals surface area contributed by atoms with Gasteiger partial charge in [0.1, 0.15) is 6.20 Å². The van der Waals surface area contributed by atoms with Gasteiger partial charge in [0.25, 0.3) is 0 Å². The molecule has 0 aliphatic rings. The predicted octanol–water partition coefficient (Wildman–Crippen LogP) is 1.38. The molecule has 0 aliphatic heterocycles. The number of hydrogen-bond acceptors (Lipinski definition) is 5. The Bertz CT molecular complexity index is 466. The molecule has 8 nitrogen and oxygen atoms in total. The summed E-state index contributed by atoms with van der Waals surface area (Å²) in [4.78, 5) is 20.8. The summed E-state index contributed by atoms with van der Waals surface area (Å²) < 4.78 is 1.34. The molecule has 100 valence electrons. The minimum Gasteiger partial charge on any atom is -0.481 e. The number of aryl methyl sites for hydroxylation is 1. The van der Waals surface area contributed by atoms with Gasteiger partial charge in [-0.1, -0.05) is 0 Å². The van der Waals surface area contributed by atoms with Crippen LogP contribution in [0.5, 0.6) is 0 Å². The molecule has 0 unspecified atom stereocenters. The lowest BCUT2D eigenvalue weighted by atomic mass is 9.98. The maximum absolute atomic E-state index is 10.8. The van der Waals surface area contributed by atoms with Crippen LogP contribution in [0.2, 0.25) is 0 Å². The maximum atomic E-state index is 10.8. The van der Waals surface area contributed by atoms with Gasteiger partial charge in [-0.3, -0.25) is 19.6 Å². The van der Waals surface area contributed by atoms with E-state index in [1.807, 2.05) is 0 Å². The van der Waals surface area contributed by atoms with Crippen molar-refractivity contribution in [2.24, 2.45) is 7.05 Å². The van der Waals surface area contributed by atoms with E-state index < -0.39 is 16.4 Å². The lowest BCUT2D eigenvalue weighted by molar-refractivity contribution is -0.384. The highest BCUT2D eigenvalue weighted by Crippen LogP contribution is 2.26. The highest BCUT2D eigenvalue weighted by Gasteiger charge is 2.26. The zero-order chi connectivity index (χ0) is 13.9. The van der Waals surface area contributed by atoms with E-state index in [-0.39, 0.29) is 17.9 Å². The maximum Gasteiger partial charge on any atom is 0.330 e. The average Bonchev–Trinajstić information content (AvgIpc) is 2.56.